The van der Waals surface area contributed by atoms with Crippen LogP contribution >= 0.6 is 0 Å². The summed E-state index contributed by atoms with van der Waals surface area (Å²) < 4.78 is 4.32. The van der Waals surface area contributed by atoms with Crippen LogP contribution in [-0.4, -0.2) is 17.4 Å². The van der Waals surface area contributed by atoms with Crippen LogP contribution in [0.25, 0.3) is 0 Å². The zero-order valence-electron chi connectivity index (χ0n) is 7.05. The first kappa shape index (κ1) is 12.0. The van der Waals surface area contributed by atoms with Crippen molar-refractivity contribution in [1.29, 1.82) is 0 Å². The largest absolute Gasteiger partial charge is 0.506 e. The average molecular weight is 148 g/mol. The Hall–Kier alpha value is -0.730. The van der Waals surface area contributed by atoms with Crippen molar-refractivity contribution in [2.45, 2.75) is 40.2 Å². The Morgan fingerprint density at radius 1 is 1.60 bits per heavy atom. The third-order valence-corrected chi connectivity index (χ3v) is 0.877. The van der Waals surface area contributed by atoms with E-state index in [1.165, 1.54) is 0 Å². The molecule has 3 nitrogen and oxygen atoms in total. The van der Waals surface area contributed by atoms with E-state index >= 15 is 0 Å². The highest BCUT2D eigenvalue weighted by Gasteiger charge is 2.01. The topological polar surface area (TPSA) is 46.5 Å². The first-order chi connectivity index (χ1) is 4.66. The van der Waals surface area contributed by atoms with Gasteiger partial charge in [0.05, 0.1) is 0 Å². The quantitative estimate of drug-likeness (QED) is 0.612. The van der Waals surface area contributed by atoms with Gasteiger partial charge in [0.25, 0.3) is 0 Å². The van der Waals surface area contributed by atoms with Crippen LogP contribution in [0.15, 0.2) is 0 Å². The zero-order chi connectivity index (χ0) is 8.57. The van der Waals surface area contributed by atoms with Gasteiger partial charge in [-0.1, -0.05) is 20.8 Å². The molecule has 0 bridgehead atoms. The predicted molar refractivity (Wildman–Crippen MR) is 40.2 cm³/mol. The Morgan fingerprint density at radius 2 is 2.00 bits per heavy atom. The molecule has 1 atom stereocenters. The highest BCUT2D eigenvalue weighted by molar-refractivity contribution is 5.56. The second kappa shape index (κ2) is 8.27. The average Bonchev–Trinajstić information content (AvgIpc) is 1.91. The Kier molecular flexibility index (Phi) is 9.92. The van der Waals surface area contributed by atoms with Gasteiger partial charge in [0.2, 0.25) is 0 Å². The minimum atomic E-state index is -1.20. The monoisotopic (exact) mass is 148 g/mol. The molecule has 0 aromatic carbocycles. The number of hydrogen-bond donors (Lipinski definition) is 1. The van der Waals surface area contributed by atoms with Crippen LogP contribution < -0.4 is 0 Å². The molecule has 0 aromatic heterocycles. The van der Waals surface area contributed by atoms with Gasteiger partial charge in [-0.3, -0.25) is 0 Å². The van der Waals surface area contributed by atoms with Crippen LogP contribution in [0.1, 0.15) is 34.1 Å². The van der Waals surface area contributed by atoms with Gasteiger partial charge in [0.1, 0.15) is 6.10 Å². The van der Waals surface area contributed by atoms with Crippen molar-refractivity contribution in [3.8, 4) is 0 Å². The maximum Gasteiger partial charge on any atom is 0.506 e. The first-order valence-electron chi connectivity index (χ1n) is 3.56. The maximum atomic E-state index is 9.75. The lowest BCUT2D eigenvalue weighted by molar-refractivity contribution is 0.0577. The highest BCUT2D eigenvalue weighted by Crippen LogP contribution is 1.94. The molecular formula is C7H16O3. The van der Waals surface area contributed by atoms with Gasteiger partial charge >= 0.3 is 6.16 Å². The highest BCUT2D eigenvalue weighted by atomic mass is 16.7. The fourth-order valence-electron chi connectivity index (χ4n) is 0.255. The van der Waals surface area contributed by atoms with Gasteiger partial charge in [-0.2, -0.15) is 0 Å². The van der Waals surface area contributed by atoms with Crippen molar-refractivity contribution in [1.82, 2.24) is 0 Å². The van der Waals surface area contributed by atoms with Crippen molar-refractivity contribution in [3.05, 3.63) is 0 Å². The van der Waals surface area contributed by atoms with Crippen LogP contribution in [0.3, 0.4) is 0 Å². The summed E-state index contributed by atoms with van der Waals surface area (Å²) in [4.78, 5) is 9.75. The van der Waals surface area contributed by atoms with E-state index in [-0.39, 0.29) is 6.10 Å². The third-order valence-electron chi connectivity index (χ3n) is 0.877. The zero-order valence-corrected chi connectivity index (χ0v) is 7.05. The molecule has 0 radical (unpaired) electrons. The molecule has 1 N–H and O–H groups in total. The van der Waals surface area contributed by atoms with Gasteiger partial charge in [0, 0.05) is 0 Å². The van der Waals surface area contributed by atoms with Crippen molar-refractivity contribution >= 4 is 6.16 Å². The van der Waals surface area contributed by atoms with Crippen molar-refractivity contribution < 1.29 is 14.6 Å². The van der Waals surface area contributed by atoms with Gasteiger partial charge in [-0.05, 0) is 13.3 Å². The van der Waals surface area contributed by atoms with Gasteiger partial charge < -0.3 is 9.84 Å². The summed E-state index contributed by atoms with van der Waals surface area (Å²) in [7, 11) is 0. The molecule has 0 saturated heterocycles. The normalized spacial score (nSPS) is 10.8. The Labute approximate surface area is 62.0 Å². The van der Waals surface area contributed by atoms with E-state index < -0.39 is 6.16 Å². The SMILES string of the molecule is CC.CCC(C)OC(=O)O. The molecule has 1 unspecified atom stereocenters. The van der Waals surface area contributed by atoms with E-state index in [0.29, 0.717) is 0 Å². The lowest BCUT2D eigenvalue weighted by Crippen LogP contribution is -2.10. The van der Waals surface area contributed by atoms with E-state index in [1.54, 1.807) is 6.92 Å². The first-order valence-corrected chi connectivity index (χ1v) is 3.56. The summed E-state index contributed by atoms with van der Waals surface area (Å²) in [6.07, 6.45) is -0.640. The molecule has 0 fully saturated rings. The summed E-state index contributed by atoms with van der Waals surface area (Å²) in [5, 5.41) is 7.99. The maximum absolute atomic E-state index is 9.75. The number of carbonyl (C=O) groups is 1. The summed E-state index contributed by atoms with van der Waals surface area (Å²) >= 11 is 0. The lowest BCUT2D eigenvalue weighted by Gasteiger charge is -2.04. The number of ether oxygens (including phenoxy) is 1. The molecule has 0 rings (SSSR count). The van der Waals surface area contributed by atoms with Crippen molar-refractivity contribution in [2.24, 2.45) is 0 Å². The summed E-state index contributed by atoms with van der Waals surface area (Å²) in [5.74, 6) is 0. The molecule has 0 aliphatic heterocycles. The second-order valence-corrected chi connectivity index (χ2v) is 1.60. The van der Waals surface area contributed by atoms with Crippen LogP contribution in [0.5, 0.6) is 0 Å². The van der Waals surface area contributed by atoms with E-state index in [9.17, 15) is 4.79 Å². The molecule has 3 heteroatoms. The van der Waals surface area contributed by atoms with Crippen molar-refractivity contribution in [3.63, 3.8) is 0 Å². The Balaban J connectivity index is 0. The van der Waals surface area contributed by atoms with E-state index in [4.69, 9.17) is 5.11 Å². The Bertz CT molecular complexity index is 80.9. The fraction of sp³-hybridized carbons (Fsp3) is 0.857. The summed E-state index contributed by atoms with van der Waals surface area (Å²) in [5.41, 5.74) is 0. The molecule has 0 heterocycles. The molecule has 0 amide bonds. The van der Waals surface area contributed by atoms with Gasteiger partial charge in [-0.15, -0.1) is 0 Å². The van der Waals surface area contributed by atoms with Crippen LogP contribution in [0.2, 0.25) is 0 Å². The van der Waals surface area contributed by atoms with Crippen LogP contribution in [0.4, 0.5) is 4.79 Å². The molecule has 0 aliphatic carbocycles. The number of carboxylic acid groups (broad SMARTS) is 1. The van der Waals surface area contributed by atoms with E-state index in [1.807, 2.05) is 20.8 Å². The minimum Gasteiger partial charge on any atom is -0.450 e. The standard InChI is InChI=1S/C5H10O3.C2H6/c1-3-4(2)8-5(6)7;1-2/h4H,3H2,1-2H3,(H,6,7);1-2H3. The molecule has 62 valence electrons. The van der Waals surface area contributed by atoms with Gasteiger partial charge in [0.15, 0.2) is 0 Å². The molecule has 0 aliphatic rings. The fourth-order valence-corrected chi connectivity index (χ4v) is 0.255. The summed E-state index contributed by atoms with van der Waals surface area (Å²) in [6, 6.07) is 0. The molecule has 0 saturated carbocycles. The van der Waals surface area contributed by atoms with Gasteiger partial charge in [-0.25, -0.2) is 4.79 Å². The number of rotatable bonds is 2. The molecular weight excluding hydrogens is 132 g/mol. The number of hydrogen-bond acceptors (Lipinski definition) is 2. The van der Waals surface area contributed by atoms with Crippen LogP contribution in [0, 0.1) is 0 Å². The third kappa shape index (κ3) is 10.3. The van der Waals surface area contributed by atoms with E-state index in [0.717, 1.165) is 6.42 Å². The molecule has 0 aromatic rings. The second-order valence-electron chi connectivity index (χ2n) is 1.60. The van der Waals surface area contributed by atoms with Crippen LogP contribution in [-0.2, 0) is 4.74 Å². The minimum absolute atomic E-state index is 0.174. The Morgan fingerprint density at radius 3 is 2.10 bits per heavy atom. The van der Waals surface area contributed by atoms with E-state index in [2.05, 4.69) is 4.74 Å². The predicted octanol–water partition coefficient (Wildman–Crippen LogP) is 2.51. The smallest absolute Gasteiger partial charge is 0.450 e. The summed E-state index contributed by atoms with van der Waals surface area (Å²) in [6.45, 7) is 7.59. The molecule has 10 heavy (non-hydrogen) atoms. The lowest BCUT2D eigenvalue weighted by atomic mass is 10.3. The molecule has 0 spiro atoms. The van der Waals surface area contributed by atoms with Crippen molar-refractivity contribution in [2.75, 3.05) is 0 Å².